The second-order valence-electron chi connectivity index (χ2n) is 5.58. The van der Waals surface area contributed by atoms with Crippen molar-refractivity contribution in [3.05, 3.63) is 77.3 Å². The lowest BCUT2D eigenvalue weighted by Gasteiger charge is -2.10. The van der Waals surface area contributed by atoms with Gasteiger partial charge in [0, 0.05) is 25.0 Å². The van der Waals surface area contributed by atoms with Crippen LogP contribution in [-0.2, 0) is 6.54 Å². The number of carbonyl (C=O) groups is 1. The molecule has 27 heavy (non-hydrogen) atoms. The average molecular weight is 373 g/mol. The first-order valence-corrected chi connectivity index (χ1v) is 7.87. The van der Waals surface area contributed by atoms with Gasteiger partial charge in [-0.2, -0.15) is 0 Å². The van der Waals surface area contributed by atoms with Crippen molar-refractivity contribution in [3.63, 3.8) is 0 Å². The standard InChI is InChI=1S/C18H14F3N5O/c1-10-24-14(7-15(25-10)23-9-11-3-2-6-22-8-11)18(27)26-13-5-4-12(19)16(20)17(13)21/h2-8H,9H2,1H3,(H,26,27)(H,23,24,25). The second kappa shape index (κ2) is 7.81. The highest BCUT2D eigenvalue weighted by Crippen LogP contribution is 2.20. The van der Waals surface area contributed by atoms with Gasteiger partial charge in [0.15, 0.2) is 17.5 Å². The Hall–Kier alpha value is -3.49. The van der Waals surface area contributed by atoms with Crippen molar-refractivity contribution in [2.45, 2.75) is 13.5 Å². The molecule has 0 atom stereocenters. The SMILES string of the molecule is Cc1nc(NCc2cccnc2)cc(C(=O)Nc2ccc(F)c(F)c2F)n1. The monoisotopic (exact) mass is 373 g/mol. The number of nitrogens with one attached hydrogen (secondary N) is 2. The third kappa shape index (κ3) is 4.38. The zero-order valence-electron chi connectivity index (χ0n) is 14.1. The fourth-order valence-corrected chi connectivity index (χ4v) is 2.28. The molecule has 0 aliphatic heterocycles. The van der Waals surface area contributed by atoms with Crippen LogP contribution in [-0.4, -0.2) is 20.9 Å². The molecule has 6 nitrogen and oxygen atoms in total. The Morgan fingerprint density at radius 1 is 1.11 bits per heavy atom. The highest BCUT2D eigenvalue weighted by Gasteiger charge is 2.17. The van der Waals surface area contributed by atoms with Crippen molar-refractivity contribution in [1.82, 2.24) is 15.0 Å². The molecule has 0 bridgehead atoms. The van der Waals surface area contributed by atoms with Gasteiger partial charge in [0.1, 0.15) is 17.3 Å². The summed E-state index contributed by atoms with van der Waals surface area (Å²) >= 11 is 0. The molecular formula is C18H14F3N5O. The maximum absolute atomic E-state index is 13.7. The van der Waals surface area contributed by atoms with Crippen molar-refractivity contribution in [3.8, 4) is 0 Å². The molecule has 0 saturated heterocycles. The Morgan fingerprint density at radius 3 is 2.67 bits per heavy atom. The third-order valence-electron chi connectivity index (χ3n) is 3.55. The Labute approximate surface area is 152 Å². The van der Waals surface area contributed by atoms with Crippen LogP contribution in [0.3, 0.4) is 0 Å². The molecule has 0 radical (unpaired) electrons. The molecule has 0 saturated carbocycles. The minimum absolute atomic E-state index is 0.0553. The van der Waals surface area contributed by atoms with Gasteiger partial charge >= 0.3 is 0 Å². The number of carbonyl (C=O) groups excluding carboxylic acids is 1. The van der Waals surface area contributed by atoms with Gasteiger partial charge in [-0.15, -0.1) is 0 Å². The maximum Gasteiger partial charge on any atom is 0.274 e. The second-order valence-corrected chi connectivity index (χ2v) is 5.58. The van der Waals surface area contributed by atoms with Gasteiger partial charge in [0.05, 0.1) is 5.69 Å². The summed E-state index contributed by atoms with van der Waals surface area (Å²) in [6.07, 6.45) is 3.33. The molecule has 1 aromatic carbocycles. The van der Waals surface area contributed by atoms with E-state index in [-0.39, 0.29) is 5.69 Å². The number of halogens is 3. The van der Waals surface area contributed by atoms with Gasteiger partial charge in [-0.1, -0.05) is 6.07 Å². The molecule has 1 amide bonds. The largest absolute Gasteiger partial charge is 0.366 e. The van der Waals surface area contributed by atoms with Crippen molar-refractivity contribution in [2.24, 2.45) is 0 Å². The molecular weight excluding hydrogens is 359 g/mol. The van der Waals surface area contributed by atoms with E-state index in [2.05, 4.69) is 25.6 Å². The van der Waals surface area contributed by atoms with Crippen molar-refractivity contribution >= 4 is 17.4 Å². The number of nitrogens with zero attached hydrogens (tertiary/aromatic N) is 3. The lowest BCUT2D eigenvalue weighted by molar-refractivity contribution is 0.102. The van der Waals surface area contributed by atoms with E-state index >= 15 is 0 Å². The minimum Gasteiger partial charge on any atom is -0.366 e. The summed E-state index contributed by atoms with van der Waals surface area (Å²) in [5.74, 6) is -4.58. The zero-order valence-corrected chi connectivity index (χ0v) is 14.1. The molecule has 2 heterocycles. The molecule has 3 aromatic rings. The van der Waals surface area contributed by atoms with Crippen LogP contribution < -0.4 is 10.6 Å². The first-order valence-electron chi connectivity index (χ1n) is 7.87. The summed E-state index contributed by atoms with van der Waals surface area (Å²) in [6.45, 7) is 2.01. The summed E-state index contributed by atoms with van der Waals surface area (Å²) in [4.78, 5) is 24.5. The maximum atomic E-state index is 13.7. The number of benzene rings is 1. The van der Waals surface area contributed by atoms with E-state index in [1.807, 2.05) is 6.07 Å². The normalized spacial score (nSPS) is 10.5. The van der Waals surface area contributed by atoms with Crippen LogP contribution in [0.1, 0.15) is 21.9 Å². The molecule has 0 aliphatic carbocycles. The van der Waals surface area contributed by atoms with E-state index in [0.717, 1.165) is 17.7 Å². The number of amides is 1. The first-order chi connectivity index (χ1) is 12.9. The van der Waals surface area contributed by atoms with Gasteiger partial charge in [-0.05, 0) is 30.7 Å². The molecule has 3 rings (SSSR count). The summed E-state index contributed by atoms with van der Waals surface area (Å²) in [5.41, 5.74) is 0.365. The smallest absolute Gasteiger partial charge is 0.274 e. The minimum atomic E-state index is -1.66. The lowest BCUT2D eigenvalue weighted by Crippen LogP contribution is -2.17. The van der Waals surface area contributed by atoms with E-state index in [0.29, 0.717) is 18.2 Å². The summed E-state index contributed by atoms with van der Waals surface area (Å²) in [7, 11) is 0. The topological polar surface area (TPSA) is 79.8 Å². The van der Waals surface area contributed by atoms with Crippen LogP contribution in [0, 0.1) is 24.4 Å². The lowest BCUT2D eigenvalue weighted by atomic mass is 10.2. The zero-order chi connectivity index (χ0) is 19.4. The van der Waals surface area contributed by atoms with Gasteiger partial charge in [0.2, 0.25) is 0 Å². The fourth-order valence-electron chi connectivity index (χ4n) is 2.28. The van der Waals surface area contributed by atoms with Crippen molar-refractivity contribution in [1.29, 1.82) is 0 Å². The van der Waals surface area contributed by atoms with Crippen LogP contribution in [0.25, 0.3) is 0 Å². The molecule has 0 aliphatic rings. The molecule has 138 valence electrons. The van der Waals surface area contributed by atoms with Crippen LogP contribution in [0.15, 0.2) is 42.7 Å². The summed E-state index contributed by atoms with van der Waals surface area (Å²) < 4.78 is 40.0. The quantitative estimate of drug-likeness (QED) is 0.670. The van der Waals surface area contributed by atoms with Crippen LogP contribution in [0.2, 0.25) is 0 Å². The Bertz CT molecular complexity index is 982. The molecule has 2 N–H and O–H groups in total. The van der Waals surface area contributed by atoms with Gasteiger partial charge < -0.3 is 10.6 Å². The fraction of sp³-hybridized carbons (Fsp3) is 0.111. The van der Waals surface area contributed by atoms with E-state index in [1.165, 1.54) is 6.07 Å². The number of anilines is 2. The van der Waals surface area contributed by atoms with E-state index in [1.54, 1.807) is 25.4 Å². The highest BCUT2D eigenvalue weighted by atomic mass is 19.2. The molecule has 9 heteroatoms. The van der Waals surface area contributed by atoms with Crippen LogP contribution in [0.5, 0.6) is 0 Å². The number of aromatic nitrogens is 3. The number of aryl methyl sites for hydroxylation is 1. The highest BCUT2D eigenvalue weighted by molar-refractivity contribution is 6.03. The van der Waals surface area contributed by atoms with Gasteiger partial charge in [0.25, 0.3) is 5.91 Å². The number of hydrogen-bond acceptors (Lipinski definition) is 5. The Morgan fingerprint density at radius 2 is 1.93 bits per heavy atom. The molecule has 0 fully saturated rings. The average Bonchev–Trinajstić information content (AvgIpc) is 2.67. The number of hydrogen-bond donors (Lipinski definition) is 2. The third-order valence-corrected chi connectivity index (χ3v) is 3.55. The predicted molar refractivity (Wildman–Crippen MR) is 92.6 cm³/mol. The molecule has 0 spiro atoms. The van der Waals surface area contributed by atoms with Gasteiger partial charge in [-0.25, -0.2) is 23.1 Å². The predicted octanol–water partition coefficient (Wildman–Crippen LogP) is 3.46. The molecule has 0 unspecified atom stereocenters. The summed E-state index contributed by atoms with van der Waals surface area (Å²) in [5, 5.41) is 5.21. The van der Waals surface area contributed by atoms with Crippen LogP contribution >= 0.6 is 0 Å². The van der Waals surface area contributed by atoms with Crippen molar-refractivity contribution in [2.75, 3.05) is 10.6 Å². The Kier molecular flexibility index (Phi) is 5.30. The number of rotatable bonds is 5. The van der Waals surface area contributed by atoms with Crippen molar-refractivity contribution < 1.29 is 18.0 Å². The Balaban J connectivity index is 1.77. The van der Waals surface area contributed by atoms with E-state index in [4.69, 9.17) is 0 Å². The van der Waals surface area contributed by atoms with E-state index < -0.39 is 29.0 Å². The van der Waals surface area contributed by atoms with Crippen LogP contribution in [0.4, 0.5) is 24.7 Å². The van der Waals surface area contributed by atoms with E-state index in [9.17, 15) is 18.0 Å². The molecule has 2 aromatic heterocycles. The first kappa shape index (κ1) is 18.3. The van der Waals surface area contributed by atoms with Gasteiger partial charge in [-0.3, -0.25) is 9.78 Å². The number of pyridine rings is 1. The summed E-state index contributed by atoms with van der Waals surface area (Å²) in [6, 6.07) is 6.68.